The van der Waals surface area contributed by atoms with Crippen molar-refractivity contribution in [3.8, 4) is 0 Å². The van der Waals surface area contributed by atoms with Crippen LogP contribution in [-0.2, 0) is 0 Å². The van der Waals surface area contributed by atoms with E-state index in [1.54, 1.807) is 18.5 Å². The summed E-state index contributed by atoms with van der Waals surface area (Å²) in [7, 11) is 2.15. The number of aromatic nitrogens is 1. The maximum Gasteiger partial charge on any atom is 0.257 e. The average Bonchev–Trinajstić information content (AvgIpc) is 2.57. The molecule has 2 heterocycles. The molecule has 0 saturated carbocycles. The predicted octanol–water partition coefficient (Wildman–Crippen LogP) is 3.16. The average molecular weight is 389 g/mol. The van der Waals surface area contributed by atoms with E-state index in [0.29, 0.717) is 5.56 Å². The minimum absolute atomic E-state index is 0.153. The number of likely N-dealkylation sites (N-methyl/N-ethyl adjacent to an activating group) is 1. The van der Waals surface area contributed by atoms with Gasteiger partial charge in [-0.25, -0.2) is 0 Å². The number of hydrogen-bond acceptors (Lipinski definition) is 4. The van der Waals surface area contributed by atoms with E-state index in [1.165, 1.54) is 5.69 Å². The van der Waals surface area contributed by atoms with Gasteiger partial charge in [-0.05, 0) is 59.7 Å². The monoisotopic (exact) mass is 388 g/mol. The fourth-order valence-electron chi connectivity index (χ4n) is 2.78. The first kappa shape index (κ1) is 16.9. The van der Waals surface area contributed by atoms with Crippen LogP contribution in [-0.4, -0.2) is 49.0 Å². The maximum atomic E-state index is 12.4. The standard InChI is InChI=1S/C18H21BrN4O/c1-13-9-16(23-7-5-22(2)6-8-23)3-4-17(13)21-18(24)14-10-15(19)12-20-11-14/h3-4,9-12H,5-8H2,1-2H3,(H,21,24). The molecular formula is C18H21BrN4O. The number of amides is 1. The first-order valence-corrected chi connectivity index (χ1v) is 8.78. The second kappa shape index (κ2) is 7.32. The van der Waals surface area contributed by atoms with Crippen molar-refractivity contribution in [1.29, 1.82) is 0 Å². The van der Waals surface area contributed by atoms with Gasteiger partial charge in [0.15, 0.2) is 0 Å². The molecule has 0 atom stereocenters. The Morgan fingerprint density at radius 2 is 1.92 bits per heavy atom. The van der Waals surface area contributed by atoms with Gasteiger partial charge in [0.1, 0.15) is 0 Å². The lowest BCUT2D eigenvalue weighted by Crippen LogP contribution is -2.44. The summed E-state index contributed by atoms with van der Waals surface area (Å²) in [5.41, 5.74) is 3.63. The number of hydrogen-bond donors (Lipinski definition) is 1. The van der Waals surface area contributed by atoms with Crippen LogP contribution in [0.25, 0.3) is 0 Å². The van der Waals surface area contributed by atoms with Crippen LogP contribution in [0.2, 0.25) is 0 Å². The number of piperazine rings is 1. The van der Waals surface area contributed by atoms with Crippen LogP contribution < -0.4 is 10.2 Å². The normalized spacial score (nSPS) is 15.4. The van der Waals surface area contributed by atoms with Gasteiger partial charge in [0.05, 0.1) is 5.56 Å². The summed E-state index contributed by atoms with van der Waals surface area (Å²) in [5.74, 6) is -0.153. The van der Waals surface area contributed by atoms with Gasteiger partial charge in [0, 0.05) is 54.4 Å². The lowest BCUT2D eigenvalue weighted by atomic mass is 10.1. The Labute approximate surface area is 150 Å². The van der Waals surface area contributed by atoms with Crippen molar-refractivity contribution < 1.29 is 4.79 Å². The molecule has 126 valence electrons. The van der Waals surface area contributed by atoms with Gasteiger partial charge >= 0.3 is 0 Å². The minimum Gasteiger partial charge on any atom is -0.369 e. The quantitative estimate of drug-likeness (QED) is 0.876. The number of halogens is 1. The molecule has 0 unspecified atom stereocenters. The Hall–Kier alpha value is -1.92. The van der Waals surface area contributed by atoms with Crippen molar-refractivity contribution in [2.24, 2.45) is 0 Å². The van der Waals surface area contributed by atoms with Gasteiger partial charge in [0.2, 0.25) is 0 Å². The Morgan fingerprint density at radius 1 is 1.17 bits per heavy atom. The molecule has 0 radical (unpaired) electrons. The van der Waals surface area contributed by atoms with E-state index < -0.39 is 0 Å². The van der Waals surface area contributed by atoms with Crippen LogP contribution in [0.3, 0.4) is 0 Å². The van der Waals surface area contributed by atoms with Gasteiger partial charge in [0.25, 0.3) is 5.91 Å². The van der Waals surface area contributed by atoms with E-state index >= 15 is 0 Å². The van der Waals surface area contributed by atoms with Crippen LogP contribution in [0, 0.1) is 6.92 Å². The summed E-state index contributed by atoms with van der Waals surface area (Å²) < 4.78 is 0.789. The van der Waals surface area contributed by atoms with Crippen LogP contribution in [0.4, 0.5) is 11.4 Å². The highest BCUT2D eigenvalue weighted by Crippen LogP contribution is 2.24. The molecule has 1 aromatic carbocycles. The first-order valence-electron chi connectivity index (χ1n) is 7.99. The first-order chi connectivity index (χ1) is 11.5. The summed E-state index contributed by atoms with van der Waals surface area (Å²) in [6, 6.07) is 7.95. The molecule has 1 saturated heterocycles. The molecule has 6 heteroatoms. The van der Waals surface area contributed by atoms with E-state index in [9.17, 15) is 4.79 Å². The lowest BCUT2D eigenvalue weighted by Gasteiger charge is -2.34. The molecule has 1 N–H and O–H groups in total. The number of anilines is 2. The Balaban J connectivity index is 1.72. The molecule has 0 bridgehead atoms. The fraction of sp³-hybridized carbons (Fsp3) is 0.333. The lowest BCUT2D eigenvalue weighted by molar-refractivity contribution is 0.102. The summed E-state index contributed by atoms with van der Waals surface area (Å²) in [4.78, 5) is 21.1. The van der Waals surface area contributed by atoms with Crippen LogP contribution in [0.1, 0.15) is 15.9 Å². The number of pyridine rings is 1. The highest BCUT2D eigenvalue weighted by atomic mass is 79.9. The summed E-state index contributed by atoms with van der Waals surface area (Å²) in [5, 5.41) is 2.96. The zero-order valence-electron chi connectivity index (χ0n) is 13.9. The minimum atomic E-state index is -0.153. The third-order valence-electron chi connectivity index (χ3n) is 4.29. The van der Waals surface area contributed by atoms with Crippen molar-refractivity contribution in [3.05, 3.63) is 52.3 Å². The summed E-state index contributed by atoms with van der Waals surface area (Å²) in [6.07, 6.45) is 3.22. The largest absolute Gasteiger partial charge is 0.369 e. The van der Waals surface area contributed by atoms with Crippen LogP contribution in [0.15, 0.2) is 41.1 Å². The molecule has 0 aliphatic carbocycles. The number of aryl methyl sites for hydroxylation is 1. The molecular weight excluding hydrogens is 368 g/mol. The zero-order chi connectivity index (χ0) is 17.1. The maximum absolute atomic E-state index is 12.4. The summed E-state index contributed by atoms with van der Waals surface area (Å²) >= 11 is 3.34. The molecule has 1 amide bonds. The number of rotatable bonds is 3. The summed E-state index contributed by atoms with van der Waals surface area (Å²) in [6.45, 7) is 6.24. The van der Waals surface area contributed by atoms with E-state index in [-0.39, 0.29) is 5.91 Å². The number of carbonyl (C=O) groups excluding carboxylic acids is 1. The Bertz CT molecular complexity index is 742. The fourth-order valence-corrected chi connectivity index (χ4v) is 3.14. The van der Waals surface area contributed by atoms with Crippen molar-refractivity contribution in [2.75, 3.05) is 43.4 Å². The molecule has 3 rings (SSSR count). The van der Waals surface area contributed by atoms with Gasteiger partial charge in [-0.1, -0.05) is 0 Å². The molecule has 1 fully saturated rings. The Kier molecular flexibility index (Phi) is 5.16. The van der Waals surface area contributed by atoms with Crippen molar-refractivity contribution >= 4 is 33.2 Å². The molecule has 1 aromatic heterocycles. The number of nitrogens with zero attached hydrogens (tertiary/aromatic N) is 3. The molecule has 5 nitrogen and oxygen atoms in total. The molecule has 24 heavy (non-hydrogen) atoms. The second-order valence-corrected chi connectivity index (χ2v) is 7.05. The van der Waals surface area contributed by atoms with E-state index in [0.717, 1.165) is 41.9 Å². The van der Waals surface area contributed by atoms with Gasteiger partial charge in [-0.15, -0.1) is 0 Å². The number of benzene rings is 1. The van der Waals surface area contributed by atoms with Crippen molar-refractivity contribution in [1.82, 2.24) is 9.88 Å². The van der Waals surface area contributed by atoms with E-state index in [4.69, 9.17) is 0 Å². The molecule has 1 aliphatic rings. The second-order valence-electron chi connectivity index (χ2n) is 6.14. The third-order valence-corrected chi connectivity index (χ3v) is 4.73. The van der Waals surface area contributed by atoms with Gasteiger partial charge < -0.3 is 15.1 Å². The smallest absolute Gasteiger partial charge is 0.257 e. The van der Waals surface area contributed by atoms with E-state index in [2.05, 4.69) is 55.2 Å². The third kappa shape index (κ3) is 3.94. The highest BCUT2D eigenvalue weighted by molar-refractivity contribution is 9.10. The number of nitrogens with one attached hydrogen (secondary N) is 1. The molecule has 2 aromatic rings. The Morgan fingerprint density at radius 3 is 2.58 bits per heavy atom. The SMILES string of the molecule is Cc1cc(N2CCN(C)CC2)ccc1NC(=O)c1cncc(Br)c1. The van der Waals surface area contributed by atoms with E-state index in [1.807, 2.05) is 13.0 Å². The zero-order valence-corrected chi connectivity index (χ0v) is 15.5. The predicted molar refractivity (Wildman–Crippen MR) is 101 cm³/mol. The van der Waals surface area contributed by atoms with Crippen molar-refractivity contribution in [3.63, 3.8) is 0 Å². The number of carbonyl (C=O) groups is 1. The van der Waals surface area contributed by atoms with Gasteiger partial charge in [-0.3, -0.25) is 9.78 Å². The van der Waals surface area contributed by atoms with Crippen LogP contribution >= 0.6 is 15.9 Å². The molecule has 1 aliphatic heterocycles. The van der Waals surface area contributed by atoms with Gasteiger partial charge in [-0.2, -0.15) is 0 Å². The van der Waals surface area contributed by atoms with Crippen molar-refractivity contribution in [2.45, 2.75) is 6.92 Å². The highest BCUT2D eigenvalue weighted by Gasteiger charge is 2.15. The topological polar surface area (TPSA) is 48.5 Å². The van der Waals surface area contributed by atoms with Crippen LogP contribution in [0.5, 0.6) is 0 Å². The molecule has 0 spiro atoms.